The van der Waals surface area contributed by atoms with Gasteiger partial charge in [0.1, 0.15) is 4.60 Å². The standard InChI is InChI=1S/C12H18BrN3/c1-2-15-6-8-16(9-7-15)10-11-4-3-5-12(13)14-11/h3-5H,2,6-10H2,1H3. The number of halogens is 1. The summed E-state index contributed by atoms with van der Waals surface area (Å²) >= 11 is 3.41. The van der Waals surface area contributed by atoms with Crippen molar-refractivity contribution in [2.24, 2.45) is 0 Å². The number of hydrogen-bond acceptors (Lipinski definition) is 3. The molecule has 88 valence electrons. The molecule has 0 bridgehead atoms. The quantitative estimate of drug-likeness (QED) is 0.791. The van der Waals surface area contributed by atoms with E-state index in [-0.39, 0.29) is 0 Å². The second-order valence-corrected chi connectivity index (χ2v) is 4.97. The van der Waals surface area contributed by atoms with Gasteiger partial charge >= 0.3 is 0 Å². The summed E-state index contributed by atoms with van der Waals surface area (Å²) in [6.45, 7) is 9.05. The van der Waals surface area contributed by atoms with Gasteiger partial charge < -0.3 is 4.90 Å². The number of likely N-dealkylation sites (N-methyl/N-ethyl adjacent to an activating group) is 1. The Morgan fingerprint density at radius 1 is 1.19 bits per heavy atom. The van der Waals surface area contributed by atoms with E-state index in [2.05, 4.69) is 49.8 Å². The molecule has 1 saturated heterocycles. The van der Waals surface area contributed by atoms with Gasteiger partial charge in [-0.2, -0.15) is 0 Å². The van der Waals surface area contributed by atoms with Crippen molar-refractivity contribution in [1.82, 2.24) is 14.8 Å². The predicted octanol–water partition coefficient (Wildman–Crippen LogP) is 1.98. The van der Waals surface area contributed by atoms with Crippen molar-refractivity contribution in [3.05, 3.63) is 28.5 Å². The zero-order valence-corrected chi connectivity index (χ0v) is 11.3. The van der Waals surface area contributed by atoms with Gasteiger partial charge in [-0.15, -0.1) is 0 Å². The second kappa shape index (κ2) is 5.75. The van der Waals surface area contributed by atoms with Gasteiger partial charge in [0, 0.05) is 32.7 Å². The van der Waals surface area contributed by atoms with Crippen LogP contribution in [0.1, 0.15) is 12.6 Å². The normalized spacial score (nSPS) is 18.9. The number of hydrogen-bond donors (Lipinski definition) is 0. The zero-order valence-electron chi connectivity index (χ0n) is 9.69. The van der Waals surface area contributed by atoms with Crippen molar-refractivity contribution in [1.29, 1.82) is 0 Å². The topological polar surface area (TPSA) is 19.4 Å². The molecule has 1 aromatic rings. The second-order valence-electron chi connectivity index (χ2n) is 4.16. The van der Waals surface area contributed by atoms with Crippen LogP contribution in [0, 0.1) is 0 Å². The van der Waals surface area contributed by atoms with Crippen molar-refractivity contribution in [2.45, 2.75) is 13.5 Å². The van der Waals surface area contributed by atoms with Gasteiger partial charge in [0.25, 0.3) is 0 Å². The molecule has 0 amide bonds. The molecule has 0 radical (unpaired) electrons. The molecule has 2 heterocycles. The number of pyridine rings is 1. The molecule has 1 fully saturated rings. The monoisotopic (exact) mass is 283 g/mol. The predicted molar refractivity (Wildman–Crippen MR) is 69.3 cm³/mol. The van der Waals surface area contributed by atoms with E-state index in [9.17, 15) is 0 Å². The number of rotatable bonds is 3. The highest BCUT2D eigenvalue weighted by Crippen LogP contribution is 2.10. The van der Waals surface area contributed by atoms with E-state index < -0.39 is 0 Å². The number of piperazine rings is 1. The maximum Gasteiger partial charge on any atom is 0.106 e. The lowest BCUT2D eigenvalue weighted by atomic mass is 10.2. The van der Waals surface area contributed by atoms with E-state index in [1.54, 1.807) is 0 Å². The van der Waals surface area contributed by atoms with Gasteiger partial charge in [-0.3, -0.25) is 4.90 Å². The molecule has 0 atom stereocenters. The van der Waals surface area contributed by atoms with Crippen LogP contribution in [0.5, 0.6) is 0 Å². The fraction of sp³-hybridized carbons (Fsp3) is 0.583. The van der Waals surface area contributed by atoms with Gasteiger partial charge in [0.15, 0.2) is 0 Å². The average molecular weight is 284 g/mol. The molecule has 0 unspecified atom stereocenters. The SMILES string of the molecule is CCN1CCN(Cc2cccc(Br)n2)CC1. The molecule has 0 saturated carbocycles. The maximum atomic E-state index is 4.47. The third-order valence-electron chi connectivity index (χ3n) is 3.07. The van der Waals surface area contributed by atoms with Gasteiger partial charge in [0.05, 0.1) is 5.69 Å². The minimum absolute atomic E-state index is 0.928. The number of nitrogens with zero attached hydrogens (tertiary/aromatic N) is 3. The molecule has 2 rings (SSSR count). The summed E-state index contributed by atoms with van der Waals surface area (Å²) in [5.74, 6) is 0. The Balaban J connectivity index is 1.87. The van der Waals surface area contributed by atoms with Crippen molar-refractivity contribution >= 4 is 15.9 Å². The minimum atomic E-state index is 0.928. The van der Waals surface area contributed by atoms with E-state index in [0.29, 0.717) is 0 Å². The van der Waals surface area contributed by atoms with Crippen LogP contribution >= 0.6 is 15.9 Å². The molecule has 0 aliphatic carbocycles. The van der Waals surface area contributed by atoms with Gasteiger partial charge in [-0.1, -0.05) is 13.0 Å². The molecule has 1 aliphatic rings. The van der Waals surface area contributed by atoms with Gasteiger partial charge in [0.2, 0.25) is 0 Å². The first kappa shape index (κ1) is 12.0. The number of aromatic nitrogens is 1. The van der Waals surface area contributed by atoms with Crippen molar-refractivity contribution in [2.75, 3.05) is 32.7 Å². The summed E-state index contributed by atoms with van der Waals surface area (Å²) in [5, 5.41) is 0. The lowest BCUT2D eigenvalue weighted by molar-refractivity contribution is 0.131. The molecule has 1 aliphatic heterocycles. The van der Waals surface area contributed by atoms with Crippen molar-refractivity contribution in [3.8, 4) is 0 Å². The van der Waals surface area contributed by atoms with Crippen LogP contribution in [0.15, 0.2) is 22.8 Å². The molecule has 16 heavy (non-hydrogen) atoms. The lowest BCUT2D eigenvalue weighted by Crippen LogP contribution is -2.45. The molecule has 0 N–H and O–H groups in total. The zero-order chi connectivity index (χ0) is 11.4. The molecule has 0 spiro atoms. The van der Waals surface area contributed by atoms with Crippen LogP contribution < -0.4 is 0 Å². The van der Waals surface area contributed by atoms with Crippen molar-refractivity contribution in [3.63, 3.8) is 0 Å². The Kier molecular flexibility index (Phi) is 4.32. The molecule has 0 aromatic carbocycles. The van der Waals surface area contributed by atoms with Crippen LogP contribution in [-0.4, -0.2) is 47.5 Å². The third kappa shape index (κ3) is 3.27. The lowest BCUT2D eigenvalue weighted by Gasteiger charge is -2.33. The fourth-order valence-corrected chi connectivity index (χ4v) is 2.41. The molecular weight excluding hydrogens is 266 g/mol. The highest BCUT2D eigenvalue weighted by Gasteiger charge is 2.15. The summed E-state index contributed by atoms with van der Waals surface area (Å²) in [4.78, 5) is 9.43. The first-order valence-corrected chi connectivity index (χ1v) is 6.63. The van der Waals surface area contributed by atoms with Crippen LogP contribution in [0.3, 0.4) is 0 Å². The minimum Gasteiger partial charge on any atom is -0.301 e. The highest BCUT2D eigenvalue weighted by molar-refractivity contribution is 9.10. The summed E-state index contributed by atoms with van der Waals surface area (Å²) in [6.07, 6.45) is 0. The summed E-state index contributed by atoms with van der Waals surface area (Å²) in [6, 6.07) is 6.12. The summed E-state index contributed by atoms with van der Waals surface area (Å²) in [5.41, 5.74) is 1.15. The average Bonchev–Trinajstić information content (AvgIpc) is 2.30. The maximum absolute atomic E-state index is 4.47. The van der Waals surface area contributed by atoms with Crippen LogP contribution in [-0.2, 0) is 6.54 Å². The fourth-order valence-electron chi connectivity index (χ4n) is 2.03. The Morgan fingerprint density at radius 3 is 2.50 bits per heavy atom. The molecule has 4 heteroatoms. The van der Waals surface area contributed by atoms with E-state index in [1.807, 2.05) is 6.07 Å². The first-order chi connectivity index (χ1) is 7.78. The van der Waals surface area contributed by atoms with E-state index in [4.69, 9.17) is 0 Å². The van der Waals surface area contributed by atoms with Gasteiger partial charge in [-0.25, -0.2) is 4.98 Å². The van der Waals surface area contributed by atoms with Crippen LogP contribution in [0.2, 0.25) is 0 Å². The van der Waals surface area contributed by atoms with E-state index in [1.165, 1.54) is 19.6 Å². The van der Waals surface area contributed by atoms with Crippen LogP contribution in [0.4, 0.5) is 0 Å². The Labute approximate surface area is 106 Å². The molecule has 1 aromatic heterocycles. The van der Waals surface area contributed by atoms with E-state index >= 15 is 0 Å². The van der Waals surface area contributed by atoms with E-state index in [0.717, 1.165) is 29.9 Å². The summed E-state index contributed by atoms with van der Waals surface area (Å²) in [7, 11) is 0. The Bertz CT molecular complexity index is 335. The Hall–Kier alpha value is -0.450. The summed E-state index contributed by atoms with van der Waals surface area (Å²) < 4.78 is 0.928. The van der Waals surface area contributed by atoms with Crippen molar-refractivity contribution < 1.29 is 0 Å². The largest absolute Gasteiger partial charge is 0.301 e. The Morgan fingerprint density at radius 2 is 1.88 bits per heavy atom. The first-order valence-electron chi connectivity index (χ1n) is 5.84. The third-order valence-corrected chi connectivity index (χ3v) is 3.51. The highest BCUT2D eigenvalue weighted by atomic mass is 79.9. The molecule has 3 nitrogen and oxygen atoms in total. The smallest absolute Gasteiger partial charge is 0.106 e. The van der Waals surface area contributed by atoms with Gasteiger partial charge in [-0.05, 0) is 34.6 Å². The van der Waals surface area contributed by atoms with Crippen LogP contribution in [0.25, 0.3) is 0 Å². The molecular formula is C12H18BrN3.